The molecule has 1 aromatic carbocycles. The molecule has 2 rings (SSSR count). The largest absolute Gasteiger partial charge is 0.362 e. The molecule has 0 unspecified atom stereocenters. The predicted molar refractivity (Wildman–Crippen MR) is 62.1 cm³/mol. The maximum Gasteiger partial charge on any atom is 0.362 e. The van der Waals surface area contributed by atoms with Crippen LogP contribution in [-0.4, -0.2) is 5.16 Å². The van der Waals surface area contributed by atoms with E-state index in [1.807, 2.05) is 30.3 Å². The average Bonchev–Trinajstić information content (AvgIpc) is 2.67. The number of nitrogens with one attached hydrogen (secondary N) is 2. The van der Waals surface area contributed by atoms with E-state index in [0.717, 1.165) is 5.56 Å². The summed E-state index contributed by atoms with van der Waals surface area (Å²) >= 11 is 0. The first-order valence-corrected chi connectivity index (χ1v) is 5.33. The average molecular weight is 234 g/mol. The van der Waals surface area contributed by atoms with Gasteiger partial charge in [0, 0.05) is 0 Å². The van der Waals surface area contributed by atoms with Gasteiger partial charge in [0.1, 0.15) is 0 Å². The highest BCUT2D eigenvalue weighted by molar-refractivity contribution is 5.13. The van der Waals surface area contributed by atoms with Crippen molar-refractivity contribution in [3.63, 3.8) is 0 Å². The van der Waals surface area contributed by atoms with E-state index in [0.29, 0.717) is 24.4 Å². The Labute approximate surface area is 98.3 Å². The van der Waals surface area contributed by atoms with Gasteiger partial charge in [-0.1, -0.05) is 30.3 Å². The fourth-order valence-electron chi connectivity index (χ4n) is 1.44. The van der Waals surface area contributed by atoms with Crippen molar-refractivity contribution in [3.8, 4) is 0 Å². The van der Waals surface area contributed by atoms with Gasteiger partial charge < -0.3 is 4.52 Å². The molecule has 0 amide bonds. The zero-order valence-corrected chi connectivity index (χ0v) is 9.53. The summed E-state index contributed by atoms with van der Waals surface area (Å²) in [6.45, 7) is 2.55. The normalized spacial score (nSPS) is 10.6. The van der Waals surface area contributed by atoms with Crippen molar-refractivity contribution >= 4 is 0 Å². The molecule has 0 aliphatic rings. The van der Waals surface area contributed by atoms with E-state index < -0.39 is 0 Å². The molecule has 1 heterocycles. The van der Waals surface area contributed by atoms with Crippen LogP contribution in [0.15, 0.2) is 39.6 Å². The Balaban J connectivity index is 1.79. The molecule has 0 aliphatic heterocycles. The minimum absolute atomic E-state index is 0.324. The van der Waals surface area contributed by atoms with E-state index in [1.165, 1.54) is 0 Å². The maximum atomic E-state index is 11.2. The second kappa shape index (κ2) is 5.47. The highest BCUT2D eigenvalue weighted by Crippen LogP contribution is 2.01. The summed E-state index contributed by atoms with van der Waals surface area (Å²) in [5.41, 5.74) is 4.71. The minimum Gasteiger partial charge on any atom is -0.339 e. The van der Waals surface area contributed by atoms with Crippen molar-refractivity contribution in [2.75, 3.05) is 0 Å². The summed E-state index contributed by atoms with van der Waals surface area (Å²) < 4.78 is 4.63. The first-order chi connectivity index (χ1) is 8.27. The maximum absolute atomic E-state index is 11.2. The first-order valence-electron chi connectivity index (χ1n) is 5.33. The highest BCUT2D eigenvalue weighted by atomic mass is 16.6. The van der Waals surface area contributed by atoms with Crippen LogP contribution in [0, 0.1) is 6.92 Å². The molecule has 1 aromatic heterocycles. The highest BCUT2D eigenvalue weighted by Gasteiger charge is 2.07. The first kappa shape index (κ1) is 11.6. The Morgan fingerprint density at radius 1 is 1.35 bits per heavy atom. The molecule has 0 saturated carbocycles. The van der Waals surface area contributed by atoms with Gasteiger partial charge in [-0.3, -0.25) is 4.84 Å². The number of H-pyrrole nitrogens is 1. The summed E-state index contributed by atoms with van der Waals surface area (Å²) in [6.07, 6.45) is 0. The van der Waals surface area contributed by atoms with Crippen LogP contribution in [0.4, 0.5) is 0 Å². The molecule has 0 fully saturated rings. The van der Waals surface area contributed by atoms with Crippen LogP contribution in [0.25, 0.3) is 0 Å². The van der Waals surface area contributed by atoms with Crippen molar-refractivity contribution in [2.45, 2.75) is 20.1 Å². The van der Waals surface area contributed by atoms with E-state index in [9.17, 15) is 4.79 Å². The lowest BCUT2D eigenvalue weighted by Crippen LogP contribution is -2.18. The second-order valence-corrected chi connectivity index (χ2v) is 3.69. The van der Waals surface area contributed by atoms with Gasteiger partial charge >= 0.3 is 5.63 Å². The summed E-state index contributed by atoms with van der Waals surface area (Å²) in [6, 6.07) is 9.79. The number of hydroxylamine groups is 1. The quantitative estimate of drug-likeness (QED) is 0.607. The van der Waals surface area contributed by atoms with Gasteiger partial charge in [0.15, 0.2) is 0 Å². The number of aromatic amines is 1. The van der Waals surface area contributed by atoms with Crippen molar-refractivity contribution in [1.29, 1.82) is 0 Å². The number of rotatable bonds is 5. The topological polar surface area (TPSA) is 67.3 Å². The SMILES string of the molecule is Cc1[nH]oc(=O)c1CNOCc1ccccc1. The van der Waals surface area contributed by atoms with Crippen LogP contribution in [0.1, 0.15) is 16.8 Å². The van der Waals surface area contributed by atoms with Crippen molar-refractivity contribution < 1.29 is 9.36 Å². The Bertz CT molecular complexity index is 516. The van der Waals surface area contributed by atoms with Gasteiger partial charge in [-0.05, 0) is 12.5 Å². The molecule has 2 aromatic rings. The van der Waals surface area contributed by atoms with Crippen molar-refractivity contribution in [1.82, 2.24) is 10.6 Å². The number of aryl methyl sites for hydroxylation is 1. The van der Waals surface area contributed by atoms with Gasteiger partial charge in [0.2, 0.25) is 0 Å². The Kier molecular flexibility index (Phi) is 3.74. The van der Waals surface area contributed by atoms with Crippen LogP contribution in [0.5, 0.6) is 0 Å². The summed E-state index contributed by atoms with van der Waals surface area (Å²) in [7, 11) is 0. The zero-order chi connectivity index (χ0) is 12.1. The van der Waals surface area contributed by atoms with E-state index in [2.05, 4.69) is 15.2 Å². The minimum atomic E-state index is -0.363. The number of hydrogen-bond acceptors (Lipinski definition) is 4. The van der Waals surface area contributed by atoms with E-state index in [-0.39, 0.29) is 5.63 Å². The molecule has 5 heteroatoms. The molecular formula is C12H14N2O3. The van der Waals surface area contributed by atoms with Gasteiger partial charge in [0.05, 0.1) is 24.4 Å². The predicted octanol–water partition coefficient (Wildman–Crippen LogP) is 1.50. The standard InChI is InChI=1S/C12H14N2O3/c1-9-11(12(15)17-14-9)7-13-16-8-10-5-3-2-4-6-10/h2-6,13-14H,7-8H2,1H3. The van der Waals surface area contributed by atoms with E-state index >= 15 is 0 Å². The van der Waals surface area contributed by atoms with Crippen LogP contribution in [-0.2, 0) is 18.0 Å². The molecule has 5 nitrogen and oxygen atoms in total. The molecule has 0 atom stereocenters. The Morgan fingerprint density at radius 3 is 2.76 bits per heavy atom. The summed E-state index contributed by atoms with van der Waals surface area (Å²) in [5, 5.41) is 2.51. The second-order valence-electron chi connectivity index (χ2n) is 3.69. The van der Waals surface area contributed by atoms with Gasteiger partial charge in [-0.15, -0.1) is 0 Å². The molecule has 0 saturated heterocycles. The van der Waals surface area contributed by atoms with Crippen LogP contribution in [0.3, 0.4) is 0 Å². The number of benzene rings is 1. The Hall–Kier alpha value is -1.85. The van der Waals surface area contributed by atoms with Gasteiger partial charge in [-0.25, -0.2) is 9.95 Å². The van der Waals surface area contributed by atoms with Gasteiger partial charge in [0.25, 0.3) is 0 Å². The third-order valence-electron chi connectivity index (χ3n) is 2.43. The molecule has 2 N–H and O–H groups in total. The zero-order valence-electron chi connectivity index (χ0n) is 9.53. The molecule has 0 spiro atoms. The molecule has 0 aliphatic carbocycles. The monoisotopic (exact) mass is 234 g/mol. The van der Waals surface area contributed by atoms with Gasteiger partial charge in [-0.2, -0.15) is 5.48 Å². The fraction of sp³-hybridized carbons (Fsp3) is 0.250. The Morgan fingerprint density at radius 2 is 2.12 bits per heavy atom. The smallest absolute Gasteiger partial charge is 0.339 e. The van der Waals surface area contributed by atoms with Crippen molar-refractivity contribution in [3.05, 3.63) is 57.6 Å². The van der Waals surface area contributed by atoms with E-state index in [4.69, 9.17) is 4.84 Å². The molecule has 90 valence electrons. The van der Waals surface area contributed by atoms with Crippen molar-refractivity contribution in [2.24, 2.45) is 0 Å². The lowest BCUT2D eigenvalue weighted by molar-refractivity contribution is 0.0231. The lowest BCUT2D eigenvalue weighted by atomic mass is 10.2. The number of aromatic nitrogens is 1. The van der Waals surface area contributed by atoms with Crippen LogP contribution < -0.4 is 11.1 Å². The molecular weight excluding hydrogens is 220 g/mol. The molecule has 0 radical (unpaired) electrons. The van der Waals surface area contributed by atoms with Crippen LogP contribution >= 0.6 is 0 Å². The number of hydrogen-bond donors (Lipinski definition) is 2. The molecule has 0 bridgehead atoms. The van der Waals surface area contributed by atoms with Crippen LogP contribution in [0.2, 0.25) is 0 Å². The molecule has 17 heavy (non-hydrogen) atoms. The fourth-order valence-corrected chi connectivity index (χ4v) is 1.44. The lowest BCUT2D eigenvalue weighted by Gasteiger charge is -2.04. The third-order valence-corrected chi connectivity index (χ3v) is 2.43. The summed E-state index contributed by atoms with van der Waals surface area (Å²) in [5.74, 6) is 0. The third kappa shape index (κ3) is 3.05. The van der Waals surface area contributed by atoms with E-state index in [1.54, 1.807) is 6.92 Å². The summed E-state index contributed by atoms with van der Waals surface area (Å²) in [4.78, 5) is 16.5.